The SMILES string of the molecule is Cc1ccc(C(C)C)cc1S(=O)[O-]. The largest absolute Gasteiger partial charge is 0.768 e. The van der Waals surface area contributed by atoms with Crippen LogP contribution in [0.3, 0.4) is 0 Å². The summed E-state index contributed by atoms with van der Waals surface area (Å²) in [6.07, 6.45) is 0. The van der Waals surface area contributed by atoms with E-state index in [1.807, 2.05) is 26.0 Å². The molecule has 0 aliphatic rings. The van der Waals surface area contributed by atoms with E-state index in [-0.39, 0.29) is 0 Å². The highest BCUT2D eigenvalue weighted by molar-refractivity contribution is 7.79. The maximum atomic E-state index is 10.8. The van der Waals surface area contributed by atoms with Crippen molar-refractivity contribution in [1.29, 1.82) is 0 Å². The van der Waals surface area contributed by atoms with E-state index < -0.39 is 11.1 Å². The highest BCUT2D eigenvalue weighted by atomic mass is 32.2. The number of benzene rings is 1. The molecule has 0 saturated carbocycles. The Bertz CT molecular complexity index is 332. The minimum Gasteiger partial charge on any atom is -0.768 e. The molecular formula is C10H13O2S-. The van der Waals surface area contributed by atoms with Gasteiger partial charge in [-0.15, -0.1) is 0 Å². The molecule has 0 amide bonds. The first-order chi connectivity index (χ1) is 6.02. The third kappa shape index (κ3) is 2.39. The van der Waals surface area contributed by atoms with Crippen molar-refractivity contribution in [2.75, 3.05) is 0 Å². The Labute approximate surface area is 81.3 Å². The van der Waals surface area contributed by atoms with Gasteiger partial charge in [0.15, 0.2) is 0 Å². The Morgan fingerprint density at radius 3 is 2.46 bits per heavy atom. The van der Waals surface area contributed by atoms with Gasteiger partial charge >= 0.3 is 0 Å². The molecule has 0 heterocycles. The molecule has 1 atom stereocenters. The summed E-state index contributed by atoms with van der Waals surface area (Å²) in [4.78, 5) is 0.409. The van der Waals surface area contributed by atoms with E-state index in [0.29, 0.717) is 10.8 Å². The first-order valence-corrected chi connectivity index (χ1v) is 5.29. The second kappa shape index (κ2) is 4.03. The quantitative estimate of drug-likeness (QED) is 0.683. The molecule has 0 aromatic heterocycles. The van der Waals surface area contributed by atoms with Crippen LogP contribution in [0.4, 0.5) is 0 Å². The summed E-state index contributed by atoms with van der Waals surface area (Å²) in [5.41, 5.74) is 1.86. The Balaban J connectivity index is 3.19. The second-order valence-electron chi connectivity index (χ2n) is 3.41. The predicted molar refractivity (Wildman–Crippen MR) is 52.5 cm³/mol. The van der Waals surface area contributed by atoms with Crippen LogP contribution in [0.15, 0.2) is 23.1 Å². The average molecular weight is 197 g/mol. The van der Waals surface area contributed by atoms with Gasteiger partial charge in [-0.2, -0.15) is 0 Å². The van der Waals surface area contributed by atoms with Gasteiger partial charge in [-0.25, -0.2) is 0 Å². The van der Waals surface area contributed by atoms with Crippen molar-refractivity contribution in [3.63, 3.8) is 0 Å². The molecule has 1 rings (SSSR count). The molecule has 2 nitrogen and oxygen atoms in total. The van der Waals surface area contributed by atoms with Gasteiger partial charge in [-0.1, -0.05) is 26.0 Å². The molecule has 0 radical (unpaired) electrons. The van der Waals surface area contributed by atoms with Crippen molar-refractivity contribution in [2.24, 2.45) is 0 Å². The number of aryl methyl sites for hydroxylation is 1. The number of hydrogen-bond donors (Lipinski definition) is 0. The molecule has 13 heavy (non-hydrogen) atoms. The summed E-state index contributed by atoms with van der Waals surface area (Å²) in [7, 11) is 0. The molecule has 1 unspecified atom stereocenters. The third-order valence-electron chi connectivity index (χ3n) is 2.06. The van der Waals surface area contributed by atoms with Crippen LogP contribution in [0.2, 0.25) is 0 Å². The van der Waals surface area contributed by atoms with E-state index in [1.165, 1.54) is 0 Å². The summed E-state index contributed by atoms with van der Waals surface area (Å²) in [6, 6.07) is 5.56. The molecule has 0 saturated heterocycles. The zero-order chi connectivity index (χ0) is 10.0. The average Bonchev–Trinajstić information content (AvgIpc) is 2.04. The minimum absolute atomic E-state index is 0.364. The van der Waals surface area contributed by atoms with Crippen LogP contribution in [-0.2, 0) is 11.1 Å². The predicted octanol–water partition coefficient (Wildman–Crippen LogP) is 2.36. The summed E-state index contributed by atoms with van der Waals surface area (Å²) in [5.74, 6) is 0.364. The van der Waals surface area contributed by atoms with Crippen LogP contribution < -0.4 is 0 Å². The molecule has 0 aliphatic heterocycles. The maximum Gasteiger partial charge on any atom is 0.0280 e. The first-order valence-electron chi connectivity index (χ1n) is 4.22. The smallest absolute Gasteiger partial charge is 0.0280 e. The Morgan fingerprint density at radius 1 is 1.38 bits per heavy atom. The molecular weight excluding hydrogens is 184 g/mol. The molecule has 3 heteroatoms. The third-order valence-corrected chi connectivity index (χ3v) is 2.86. The van der Waals surface area contributed by atoms with Crippen LogP contribution in [0.25, 0.3) is 0 Å². The van der Waals surface area contributed by atoms with E-state index >= 15 is 0 Å². The molecule has 0 spiro atoms. The van der Waals surface area contributed by atoms with E-state index in [4.69, 9.17) is 0 Å². The van der Waals surface area contributed by atoms with Gasteiger partial charge < -0.3 is 4.55 Å². The Kier molecular flexibility index (Phi) is 3.22. The lowest BCUT2D eigenvalue weighted by atomic mass is 10.0. The van der Waals surface area contributed by atoms with Crippen LogP contribution in [0, 0.1) is 6.92 Å². The Morgan fingerprint density at radius 2 is 2.00 bits per heavy atom. The molecule has 1 aromatic rings. The van der Waals surface area contributed by atoms with Gasteiger partial charge in [0, 0.05) is 4.90 Å². The molecule has 0 aliphatic carbocycles. The summed E-state index contributed by atoms with van der Waals surface area (Å²) in [5, 5.41) is 0. The van der Waals surface area contributed by atoms with Crippen LogP contribution in [-0.4, -0.2) is 8.76 Å². The van der Waals surface area contributed by atoms with E-state index in [2.05, 4.69) is 0 Å². The monoisotopic (exact) mass is 197 g/mol. The van der Waals surface area contributed by atoms with Gasteiger partial charge in [0.05, 0.1) is 0 Å². The van der Waals surface area contributed by atoms with Gasteiger partial charge in [-0.05, 0) is 41.1 Å². The lowest BCUT2D eigenvalue weighted by Gasteiger charge is -2.12. The van der Waals surface area contributed by atoms with Crippen LogP contribution in [0.5, 0.6) is 0 Å². The van der Waals surface area contributed by atoms with Crippen LogP contribution in [0.1, 0.15) is 30.9 Å². The topological polar surface area (TPSA) is 40.1 Å². The van der Waals surface area contributed by atoms with Crippen molar-refractivity contribution in [1.82, 2.24) is 0 Å². The molecule has 0 fully saturated rings. The lowest BCUT2D eigenvalue weighted by molar-refractivity contribution is 0.536. The molecule has 0 N–H and O–H groups in total. The molecule has 1 aromatic carbocycles. The fourth-order valence-electron chi connectivity index (χ4n) is 1.16. The van der Waals surface area contributed by atoms with Gasteiger partial charge in [0.2, 0.25) is 0 Å². The van der Waals surface area contributed by atoms with Gasteiger partial charge in [-0.3, -0.25) is 4.21 Å². The first kappa shape index (κ1) is 10.4. The summed E-state index contributed by atoms with van der Waals surface area (Å²) in [6.45, 7) is 5.89. The van der Waals surface area contributed by atoms with Crippen molar-refractivity contribution in [3.8, 4) is 0 Å². The highest BCUT2D eigenvalue weighted by Crippen LogP contribution is 2.20. The fraction of sp³-hybridized carbons (Fsp3) is 0.400. The van der Waals surface area contributed by atoms with E-state index in [9.17, 15) is 8.76 Å². The standard InChI is InChI=1S/C10H14O2S/c1-7(2)9-5-4-8(3)10(6-9)13(11)12/h4-7H,1-3H3,(H,11,12)/p-1. The number of hydrogen-bond acceptors (Lipinski definition) is 2. The van der Waals surface area contributed by atoms with Crippen molar-refractivity contribution in [3.05, 3.63) is 29.3 Å². The van der Waals surface area contributed by atoms with Crippen molar-refractivity contribution < 1.29 is 8.76 Å². The van der Waals surface area contributed by atoms with E-state index in [0.717, 1.165) is 11.1 Å². The highest BCUT2D eigenvalue weighted by Gasteiger charge is 2.03. The second-order valence-corrected chi connectivity index (χ2v) is 4.32. The van der Waals surface area contributed by atoms with Gasteiger partial charge in [0.1, 0.15) is 0 Å². The van der Waals surface area contributed by atoms with Crippen molar-refractivity contribution >= 4 is 11.1 Å². The maximum absolute atomic E-state index is 10.8. The normalized spacial score (nSPS) is 13.3. The summed E-state index contributed by atoms with van der Waals surface area (Å²) < 4.78 is 21.6. The summed E-state index contributed by atoms with van der Waals surface area (Å²) >= 11 is -2.12. The number of rotatable bonds is 2. The zero-order valence-corrected chi connectivity index (χ0v) is 8.85. The van der Waals surface area contributed by atoms with E-state index in [1.54, 1.807) is 13.0 Å². The van der Waals surface area contributed by atoms with Gasteiger partial charge in [0.25, 0.3) is 0 Å². The fourth-order valence-corrected chi connectivity index (χ4v) is 1.72. The zero-order valence-electron chi connectivity index (χ0n) is 8.03. The Hall–Kier alpha value is -0.670. The molecule has 0 bridgehead atoms. The lowest BCUT2D eigenvalue weighted by Crippen LogP contribution is -1.96. The molecule has 72 valence electrons. The minimum atomic E-state index is -2.12. The van der Waals surface area contributed by atoms with Crippen LogP contribution >= 0.6 is 0 Å². The van der Waals surface area contributed by atoms with Crippen molar-refractivity contribution in [2.45, 2.75) is 31.6 Å².